The van der Waals surface area contributed by atoms with E-state index in [1.165, 1.54) is 22.4 Å². The quantitative estimate of drug-likeness (QED) is 0.311. The highest BCUT2D eigenvalue weighted by molar-refractivity contribution is 5.89. The van der Waals surface area contributed by atoms with Crippen LogP contribution in [0.1, 0.15) is 11.1 Å². The maximum Gasteiger partial charge on any atom is 0.319 e. The van der Waals surface area contributed by atoms with E-state index in [-0.39, 0.29) is 6.03 Å². The van der Waals surface area contributed by atoms with Gasteiger partial charge in [-0.15, -0.1) is 0 Å². The first kappa shape index (κ1) is 25.3. The normalized spacial score (nSPS) is 13.1. The molecule has 0 spiro atoms. The first-order chi connectivity index (χ1) is 18.7. The van der Waals surface area contributed by atoms with Crippen LogP contribution in [0, 0.1) is 0 Å². The summed E-state index contributed by atoms with van der Waals surface area (Å²) in [6.45, 7) is 4.36. The number of carbonyl (C=O) groups is 1. The molecule has 3 aromatic carbocycles. The number of amides is 2. The highest BCUT2D eigenvalue weighted by Gasteiger charge is 2.13. The lowest BCUT2D eigenvalue weighted by Gasteiger charge is -2.29. The van der Waals surface area contributed by atoms with Crippen LogP contribution >= 0.6 is 0 Å². The summed E-state index contributed by atoms with van der Waals surface area (Å²) in [6, 6.07) is 28.1. The molecular weight excluding hydrogens is 476 g/mol. The van der Waals surface area contributed by atoms with Crippen molar-refractivity contribution in [2.24, 2.45) is 0 Å². The summed E-state index contributed by atoms with van der Waals surface area (Å²) in [4.78, 5) is 18.6. The second-order valence-electron chi connectivity index (χ2n) is 9.10. The topological polar surface area (TPSA) is 75.7 Å². The molecule has 38 heavy (non-hydrogen) atoms. The molecule has 0 unspecified atom stereocenters. The largest absolute Gasteiger partial charge is 0.493 e. The van der Waals surface area contributed by atoms with Gasteiger partial charge in [0.2, 0.25) is 0 Å². The Labute approximate surface area is 223 Å². The molecule has 1 aliphatic rings. The van der Waals surface area contributed by atoms with Crippen molar-refractivity contribution < 1.29 is 14.3 Å². The SMILES string of the molecule is O=C(NCc1cccnc1)Nc1ccc(OCCc2ccccc2-c2cccc(N3CCOCC3)c2)cc1. The highest BCUT2D eigenvalue weighted by atomic mass is 16.5. The molecule has 5 rings (SSSR count). The summed E-state index contributed by atoms with van der Waals surface area (Å²) in [5.41, 5.74) is 6.56. The fourth-order valence-corrected chi connectivity index (χ4v) is 4.49. The van der Waals surface area contributed by atoms with Crippen LogP contribution in [-0.2, 0) is 17.7 Å². The number of ether oxygens (including phenoxy) is 2. The van der Waals surface area contributed by atoms with E-state index in [1.807, 2.05) is 36.4 Å². The minimum atomic E-state index is -0.267. The van der Waals surface area contributed by atoms with Gasteiger partial charge in [0, 0.05) is 49.8 Å². The average Bonchev–Trinajstić information content (AvgIpc) is 2.98. The fraction of sp³-hybridized carbons (Fsp3) is 0.226. The summed E-state index contributed by atoms with van der Waals surface area (Å²) < 4.78 is 11.5. The van der Waals surface area contributed by atoms with Crippen LogP contribution in [0.5, 0.6) is 5.75 Å². The number of benzene rings is 3. The van der Waals surface area contributed by atoms with E-state index in [9.17, 15) is 4.79 Å². The van der Waals surface area contributed by atoms with E-state index in [0.717, 1.165) is 44.0 Å². The zero-order chi connectivity index (χ0) is 26.0. The zero-order valence-electron chi connectivity index (χ0n) is 21.3. The van der Waals surface area contributed by atoms with Crippen LogP contribution in [0.15, 0.2) is 97.3 Å². The van der Waals surface area contributed by atoms with Gasteiger partial charge < -0.3 is 25.0 Å². The van der Waals surface area contributed by atoms with Gasteiger partial charge in [-0.25, -0.2) is 4.79 Å². The predicted octanol–water partition coefficient (Wildman–Crippen LogP) is 5.53. The molecule has 0 radical (unpaired) electrons. The minimum Gasteiger partial charge on any atom is -0.493 e. The first-order valence-corrected chi connectivity index (χ1v) is 12.9. The van der Waals surface area contributed by atoms with E-state index in [1.54, 1.807) is 12.4 Å². The molecule has 1 aromatic heterocycles. The number of aromatic nitrogens is 1. The van der Waals surface area contributed by atoms with E-state index in [2.05, 4.69) is 69.0 Å². The summed E-state index contributed by atoms with van der Waals surface area (Å²) >= 11 is 0. The van der Waals surface area contributed by atoms with E-state index in [0.29, 0.717) is 18.8 Å². The molecule has 0 bridgehead atoms. The summed E-state index contributed by atoms with van der Waals surface area (Å²) in [6.07, 6.45) is 4.22. The van der Waals surface area contributed by atoms with Gasteiger partial charge in [-0.05, 0) is 64.7 Å². The Bertz CT molecular complexity index is 1320. The molecule has 0 atom stereocenters. The van der Waals surface area contributed by atoms with Crippen molar-refractivity contribution in [2.45, 2.75) is 13.0 Å². The predicted molar refractivity (Wildman–Crippen MR) is 151 cm³/mol. The van der Waals surface area contributed by atoms with Crippen molar-refractivity contribution in [1.29, 1.82) is 0 Å². The maximum atomic E-state index is 12.2. The number of carbonyl (C=O) groups excluding carboxylic acids is 1. The number of nitrogens with one attached hydrogen (secondary N) is 2. The number of hydrogen-bond donors (Lipinski definition) is 2. The standard InChI is InChI=1S/C31H32N4O3/c36-31(33-23-24-5-4-15-32-22-24)34-27-10-12-29(13-11-27)38-18-14-25-6-1-2-9-30(25)26-7-3-8-28(21-26)35-16-19-37-20-17-35/h1-13,15,21-22H,14,16-20,23H2,(H2,33,34,36). The van der Waals surface area contributed by atoms with Crippen LogP contribution in [0.25, 0.3) is 11.1 Å². The van der Waals surface area contributed by atoms with Gasteiger partial charge in [-0.1, -0.05) is 42.5 Å². The van der Waals surface area contributed by atoms with Gasteiger partial charge in [-0.3, -0.25) is 4.98 Å². The molecule has 4 aromatic rings. The third-order valence-electron chi connectivity index (χ3n) is 6.48. The lowest BCUT2D eigenvalue weighted by atomic mass is 9.97. The first-order valence-electron chi connectivity index (χ1n) is 12.9. The maximum absolute atomic E-state index is 12.2. The van der Waals surface area contributed by atoms with Gasteiger partial charge in [0.15, 0.2) is 0 Å². The third kappa shape index (κ3) is 6.89. The highest BCUT2D eigenvalue weighted by Crippen LogP contribution is 2.28. The number of nitrogens with zero attached hydrogens (tertiary/aromatic N) is 2. The van der Waals surface area contributed by atoms with Crippen molar-refractivity contribution in [3.05, 3.63) is 108 Å². The summed E-state index contributed by atoms with van der Waals surface area (Å²) in [5.74, 6) is 0.762. The van der Waals surface area contributed by atoms with E-state index < -0.39 is 0 Å². The van der Waals surface area contributed by atoms with E-state index >= 15 is 0 Å². The molecule has 0 saturated carbocycles. The monoisotopic (exact) mass is 508 g/mol. The number of pyridine rings is 1. The second kappa shape index (κ2) is 12.7. The number of anilines is 2. The number of urea groups is 1. The smallest absolute Gasteiger partial charge is 0.319 e. The van der Waals surface area contributed by atoms with Gasteiger partial charge in [0.05, 0.1) is 19.8 Å². The van der Waals surface area contributed by atoms with Crippen LogP contribution in [0.4, 0.5) is 16.2 Å². The lowest BCUT2D eigenvalue weighted by molar-refractivity contribution is 0.122. The Hall–Kier alpha value is -4.36. The Kier molecular flexibility index (Phi) is 8.48. The Morgan fingerprint density at radius 3 is 2.61 bits per heavy atom. The average molecular weight is 509 g/mol. The Morgan fingerprint density at radius 2 is 1.79 bits per heavy atom. The number of morpholine rings is 1. The van der Waals surface area contributed by atoms with Crippen molar-refractivity contribution in [3.8, 4) is 16.9 Å². The molecule has 1 saturated heterocycles. The fourth-order valence-electron chi connectivity index (χ4n) is 4.49. The van der Waals surface area contributed by atoms with Crippen molar-refractivity contribution >= 4 is 17.4 Å². The molecule has 2 amide bonds. The Balaban J connectivity index is 1.14. The second-order valence-corrected chi connectivity index (χ2v) is 9.10. The number of rotatable bonds is 9. The summed E-state index contributed by atoms with van der Waals surface area (Å²) in [5, 5.41) is 5.66. The minimum absolute atomic E-state index is 0.267. The summed E-state index contributed by atoms with van der Waals surface area (Å²) in [7, 11) is 0. The number of hydrogen-bond acceptors (Lipinski definition) is 5. The van der Waals surface area contributed by atoms with Gasteiger partial charge in [-0.2, -0.15) is 0 Å². The van der Waals surface area contributed by atoms with Crippen molar-refractivity contribution in [1.82, 2.24) is 10.3 Å². The molecule has 7 heteroatoms. The molecule has 2 heterocycles. The van der Waals surface area contributed by atoms with Crippen molar-refractivity contribution in [2.75, 3.05) is 43.1 Å². The Morgan fingerprint density at radius 1 is 0.947 bits per heavy atom. The van der Waals surface area contributed by atoms with E-state index in [4.69, 9.17) is 9.47 Å². The molecule has 0 aliphatic carbocycles. The molecule has 2 N–H and O–H groups in total. The molecule has 7 nitrogen and oxygen atoms in total. The van der Waals surface area contributed by atoms with Gasteiger partial charge >= 0.3 is 6.03 Å². The lowest BCUT2D eigenvalue weighted by Crippen LogP contribution is -2.36. The molecule has 1 aliphatic heterocycles. The van der Waals surface area contributed by atoms with Crippen LogP contribution < -0.4 is 20.3 Å². The van der Waals surface area contributed by atoms with Crippen LogP contribution in [-0.4, -0.2) is 43.9 Å². The van der Waals surface area contributed by atoms with Gasteiger partial charge in [0.25, 0.3) is 0 Å². The molecular formula is C31H32N4O3. The molecule has 194 valence electrons. The molecule has 1 fully saturated rings. The zero-order valence-corrected chi connectivity index (χ0v) is 21.3. The van der Waals surface area contributed by atoms with Gasteiger partial charge in [0.1, 0.15) is 5.75 Å². The van der Waals surface area contributed by atoms with Crippen molar-refractivity contribution in [3.63, 3.8) is 0 Å². The third-order valence-corrected chi connectivity index (χ3v) is 6.48. The van der Waals surface area contributed by atoms with Crippen LogP contribution in [0.3, 0.4) is 0 Å². The van der Waals surface area contributed by atoms with Crippen LogP contribution in [0.2, 0.25) is 0 Å².